The molecule has 2 aromatic carbocycles. The van der Waals surface area contributed by atoms with Gasteiger partial charge < -0.3 is 39.5 Å². The molecule has 3 heterocycles. The number of allylic oxidation sites excluding steroid dienone is 2. The number of aldehydes is 1. The highest BCUT2D eigenvalue weighted by atomic mass is 16.5. The third kappa shape index (κ3) is 8.19. The van der Waals surface area contributed by atoms with Crippen molar-refractivity contribution < 1.29 is 33.7 Å². The van der Waals surface area contributed by atoms with E-state index in [9.17, 15) is 19.5 Å². The number of benzene rings is 2. The number of nitrogens with two attached hydrogens (primary N) is 1. The third-order valence-electron chi connectivity index (χ3n) is 7.99. The monoisotopic (exact) mass is 701 g/mol. The zero-order valence-electron chi connectivity index (χ0n) is 29.1. The van der Waals surface area contributed by atoms with Gasteiger partial charge in [0.2, 0.25) is 17.8 Å². The van der Waals surface area contributed by atoms with Crippen molar-refractivity contribution in [2.75, 3.05) is 51.2 Å². The number of primary amides is 1. The number of nitrogens with zero attached hydrogens (tertiary/aromatic N) is 6. The number of aryl methyl sites for hydroxylation is 2. The van der Waals surface area contributed by atoms with Gasteiger partial charge in [-0.05, 0) is 44.2 Å². The number of ether oxygens (including phenoxy) is 3. The number of nitrogens with one attached hydrogen (secondary N) is 2. The molecule has 2 amide bonds. The summed E-state index contributed by atoms with van der Waals surface area (Å²) in [6, 6.07) is 8.19. The average molecular weight is 702 g/mol. The largest absolute Gasteiger partial charge is 0.491 e. The summed E-state index contributed by atoms with van der Waals surface area (Å²) >= 11 is 0. The smallest absolute Gasteiger partial charge is 0.276 e. The van der Waals surface area contributed by atoms with Crippen molar-refractivity contribution in [1.82, 2.24) is 28.9 Å². The van der Waals surface area contributed by atoms with Crippen LogP contribution in [0.1, 0.15) is 56.7 Å². The number of imidazole rings is 2. The van der Waals surface area contributed by atoms with Crippen LogP contribution in [0.25, 0.3) is 22.1 Å². The molecule has 0 aliphatic carbocycles. The Balaban J connectivity index is 1.54. The number of carbonyl (C=O) groups is 3. The van der Waals surface area contributed by atoms with Gasteiger partial charge in [0.05, 0.1) is 29.9 Å². The van der Waals surface area contributed by atoms with Crippen molar-refractivity contribution in [2.24, 2.45) is 5.73 Å². The number of carbonyl (C=O) groups excluding carboxylic acids is 3. The molecule has 0 aliphatic rings. The van der Waals surface area contributed by atoms with Gasteiger partial charge in [-0.3, -0.25) is 24.4 Å². The fraction of sp³-hybridized carbons (Fsp3) is 0.371. The summed E-state index contributed by atoms with van der Waals surface area (Å²) in [6.45, 7) is 5.84. The van der Waals surface area contributed by atoms with E-state index in [1.807, 2.05) is 30.6 Å². The lowest BCUT2D eigenvalue weighted by Gasteiger charge is -2.13. The molecule has 0 spiro atoms. The van der Waals surface area contributed by atoms with Crippen molar-refractivity contribution in [3.05, 3.63) is 65.0 Å². The third-order valence-corrected chi connectivity index (χ3v) is 7.99. The van der Waals surface area contributed by atoms with E-state index >= 15 is 0 Å². The summed E-state index contributed by atoms with van der Waals surface area (Å²) in [7, 11) is 3.36. The minimum atomic E-state index is -0.645. The van der Waals surface area contributed by atoms with Gasteiger partial charge in [-0.15, -0.1) is 0 Å². The topological polar surface area (TPSA) is 203 Å². The fourth-order valence-electron chi connectivity index (χ4n) is 5.68. The lowest BCUT2D eigenvalue weighted by molar-refractivity contribution is 0.0995. The summed E-state index contributed by atoms with van der Waals surface area (Å²) in [5, 5.41) is 19.7. The first-order chi connectivity index (χ1) is 24.7. The Labute approximate surface area is 294 Å². The number of fused-ring (bicyclic) bond motifs is 2. The average Bonchev–Trinajstić information content (AvgIpc) is 3.80. The van der Waals surface area contributed by atoms with Gasteiger partial charge in [0.25, 0.3) is 5.91 Å². The quantitative estimate of drug-likeness (QED) is 0.0557. The number of aliphatic hydroxyl groups excluding tert-OH is 1. The Bertz CT molecular complexity index is 2060. The van der Waals surface area contributed by atoms with Crippen molar-refractivity contribution in [2.45, 2.75) is 46.3 Å². The minimum absolute atomic E-state index is 0.0305. The van der Waals surface area contributed by atoms with E-state index in [0.29, 0.717) is 95.6 Å². The van der Waals surface area contributed by atoms with Gasteiger partial charge in [0.15, 0.2) is 0 Å². The Morgan fingerprint density at radius 3 is 2.20 bits per heavy atom. The van der Waals surface area contributed by atoms with E-state index in [0.717, 1.165) is 6.29 Å². The summed E-state index contributed by atoms with van der Waals surface area (Å²) in [5.74, 6) is 0.588. The van der Waals surface area contributed by atoms with E-state index in [1.54, 1.807) is 53.7 Å². The zero-order valence-corrected chi connectivity index (χ0v) is 29.1. The van der Waals surface area contributed by atoms with Gasteiger partial charge in [-0.1, -0.05) is 12.2 Å². The predicted molar refractivity (Wildman–Crippen MR) is 192 cm³/mol. The molecule has 0 fully saturated rings. The number of rotatable bonds is 19. The highest BCUT2D eigenvalue weighted by Crippen LogP contribution is 2.33. The van der Waals surface area contributed by atoms with Crippen LogP contribution >= 0.6 is 0 Å². The van der Waals surface area contributed by atoms with E-state index in [-0.39, 0.29) is 31.3 Å². The van der Waals surface area contributed by atoms with Crippen LogP contribution < -0.4 is 25.8 Å². The molecule has 0 saturated heterocycles. The molecule has 16 heteroatoms. The van der Waals surface area contributed by atoms with Crippen LogP contribution in [-0.4, -0.2) is 92.7 Å². The van der Waals surface area contributed by atoms with Gasteiger partial charge in [-0.25, -0.2) is 9.97 Å². The maximum absolute atomic E-state index is 13.6. The van der Waals surface area contributed by atoms with Crippen LogP contribution in [0.4, 0.5) is 11.9 Å². The SMILES string of the molecule is CCn1nc(C)cc1C(=O)Nc1nc2cc(C(N)=O)cc(OCCCOC)c2n1C/C=C/Cn1c(NC)nc2cc(C=O)cc(OCCCO)c21. The molecule has 5 rings (SSSR count). The van der Waals surface area contributed by atoms with Crippen molar-refractivity contribution >= 4 is 52.1 Å². The van der Waals surface area contributed by atoms with E-state index < -0.39 is 11.8 Å². The predicted octanol–water partition coefficient (Wildman–Crippen LogP) is 3.55. The molecule has 270 valence electrons. The molecule has 0 unspecified atom stereocenters. The minimum Gasteiger partial charge on any atom is -0.491 e. The van der Waals surface area contributed by atoms with Crippen LogP contribution in [-0.2, 0) is 24.4 Å². The number of hydrogen-bond acceptors (Lipinski definition) is 11. The maximum Gasteiger partial charge on any atom is 0.276 e. The Hall–Kier alpha value is -5.74. The first kappa shape index (κ1) is 36.5. The number of methoxy groups -OCH3 is 1. The second-order valence-corrected chi connectivity index (χ2v) is 11.6. The van der Waals surface area contributed by atoms with Gasteiger partial charge in [0, 0.05) is 71.0 Å². The van der Waals surface area contributed by atoms with Crippen molar-refractivity contribution in [3.63, 3.8) is 0 Å². The Morgan fingerprint density at radius 2 is 1.57 bits per heavy atom. The lowest BCUT2D eigenvalue weighted by Crippen LogP contribution is -2.20. The molecule has 16 nitrogen and oxygen atoms in total. The second-order valence-electron chi connectivity index (χ2n) is 11.6. The number of aromatic nitrogens is 6. The molecule has 0 aliphatic heterocycles. The Morgan fingerprint density at radius 1 is 0.922 bits per heavy atom. The van der Waals surface area contributed by atoms with Crippen LogP contribution in [0.3, 0.4) is 0 Å². The highest BCUT2D eigenvalue weighted by Gasteiger charge is 2.22. The molecule has 0 saturated carbocycles. The molecular weight excluding hydrogens is 658 g/mol. The number of aliphatic hydroxyl groups is 1. The summed E-state index contributed by atoms with van der Waals surface area (Å²) < 4.78 is 22.6. The van der Waals surface area contributed by atoms with Gasteiger partial charge in [0.1, 0.15) is 34.5 Å². The molecule has 51 heavy (non-hydrogen) atoms. The van der Waals surface area contributed by atoms with E-state index in [4.69, 9.17) is 24.9 Å². The van der Waals surface area contributed by atoms with Gasteiger partial charge in [-0.2, -0.15) is 5.10 Å². The molecule has 0 radical (unpaired) electrons. The molecular formula is C35H43N9O7. The molecule has 5 N–H and O–H groups in total. The summed E-state index contributed by atoms with van der Waals surface area (Å²) in [5.41, 5.74) is 9.59. The van der Waals surface area contributed by atoms with Gasteiger partial charge >= 0.3 is 0 Å². The van der Waals surface area contributed by atoms with Crippen LogP contribution in [0.15, 0.2) is 42.5 Å². The zero-order chi connectivity index (χ0) is 36.5. The highest BCUT2D eigenvalue weighted by molar-refractivity contribution is 6.04. The van der Waals surface area contributed by atoms with E-state index in [1.165, 1.54) is 0 Å². The van der Waals surface area contributed by atoms with Crippen LogP contribution in [0.5, 0.6) is 11.5 Å². The molecule has 3 aromatic heterocycles. The Kier molecular flexibility index (Phi) is 12.0. The standard InChI is InChI=1S/C35H43N9O7/c1-5-44-27(16-22(2)41-44)33(48)40-35-39-26-19-24(32(36)47)20-29(51-15-9-13-49-4)31(26)43(35)11-7-6-10-42-30-25(38-34(42)37-3)17-23(21-46)18-28(30)50-14-8-12-45/h6-7,16-21,45H,5,8-15H2,1-4H3,(H2,36,47)(H,37,38)(H,39,40,48)/b7-6+. The second kappa shape index (κ2) is 16.8. The first-order valence-corrected chi connectivity index (χ1v) is 16.6. The number of amides is 2. The normalized spacial score (nSPS) is 11.5. The lowest BCUT2D eigenvalue weighted by atomic mass is 10.1. The number of hydrogen-bond donors (Lipinski definition) is 4. The fourth-order valence-corrected chi connectivity index (χ4v) is 5.68. The maximum atomic E-state index is 13.6. The molecule has 0 bridgehead atoms. The number of anilines is 2. The first-order valence-electron chi connectivity index (χ1n) is 16.6. The summed E-state index contributed by atoms with van der Waals surface area (Å²) in [6.07, 6.45) is 5.60. The van der Waals surface area contributed by atoms with Crippen LogP contribution in [0.2, 0.25) is 0 Å². The molecule has 5 aromatic rings. The van der Waals surface area contributed by atoms with Crippen molar-refractivity contribution in [1.29, 1.82) is 0 Å². The molecule has 0 atom stereocenters. The van der Waals surface area contributed by atoms with E-state index in [2.05, 4.69) is 20.7 Å². The van der Waals surface area contributed by atoms with Crippen molar-refractivity contribution in [3.8, 4) is 11.5 Å². The van der Waals surface area contributed by atoms with Crippen LogP contribution in [0, 0.1) is 6.92 Å². The summed E-state index contributed by atoms with van der Waals surface area (Å²) in [4.78, 5) is 46.9.